The van der Waals surface area contributed by atoms with Crippen LogP contribution in [0, 0.1) is 0 Å². The van der Waals surface area contributed by atoms with Crippen LogP contribution in [0.4, 0.5) is 0 Å². The highest BCUT2D eigenvalue weighted by Gasteiger charge is 2.10. The minimum atomic E-state index is 0.297. The Morgan fingerprint density at radius 1 is 1.45 bits per heavy atom. The molecular formula is C7H6ClNO2. The molecule has 0 aromatic rings. The van der Waals surface area contributed by atoms with Crippen LogP contribution in [-0.2, 0) is 9.59 Å². The van der Waals surface area contributed by atoms with E-state index in [1.807, 2.05) is 0 Å². The first-order valence-corrected chi connectivity index (χ1v) is 3.40. The van der Waals surface area contributed by atoms with Gasteiger partial charge in [0.25, 0.3) is 0 Å². The predicted molar refractivity (Wildman–Crippen MR) is 40.8 cm³/mol. The van der Waals surface area contributed by atoms with E-state index in [1.54, 1.807) is 0 Å². The van der Waals surface area contributed by atoms with Crippen molar-refractivity contribution in [3.05, 3.63) is 22.5 Å². The number of rotatable bonds is 2. The van der Waals surface area contributed by atoms with Crippen LogP contribution >= 0.6 is 11.6 Å². The molecule has 4 heteroatoms. The lowest BCUT2D eigenvalue weighted by atomic mass is 10.1. The third-order valence-electron chi connectivity index (χ3n) is 1.35. The summed E-state index contributed by atoms with van der Waals surface area (Å²) in [5.74, 6) is 0. The number of allylic oxidation sites excluding steroid dienone is 2. The van der Waals surface area contributed by atoms with E-state index >= 15 is 0 Å². The zero-order valence-electron chi connectivity index (χ0n) is 5.63. The largest absolute Gasteiger partial charge is 0.352 e. The lowest BCUT2D eigenvalue weighted by Gasteiger charge is -2.10. The van der Waals surface area contributed by atoms with Gasteiger partial charge in [0.1, 0.15) is 17.7 Å². The summed E-state index contributed by atoms with van der Waals surface area (Å²) in [4.78, 5) is 20.5. The lowest BCUT2D eigenvalue weighted by molar-refractivity contribution is -0.105. The van der Waals surface area contributed by atoms with Crippen LogP contribution in [0.3, 0.4) is 0 Å². The van der Waals surface area contributed by atoms with Gasteiger partial charge in [-0.3, -0.25) is 9.59 Å². The van der Waals surface area contributed by atoms with Crippen molar-refractivity contribution >= 4 is 24.2 Å². The molecule has 0 saturated heterocycles. The van der Waals surface area contributed by atoms with Crippen molar-refractivity contribution in [2.24, 2.45) is 0 Å². The van der Waals surface area contributed by atoms with Gasteiger partial charge in [0.05, 0.1) is 0 Å². The molecule has 0 unspecified atom stereocenters. The van der Waals surface area contributed by atoms with Gasteiger partial charge < -0.3 is 5.32 Å². The Morgan fingerprint density at radius 2 is 2.18 bits per heavy atom. The van der Waals surface area contributed by atoms with Crippen molar-refractivity contribution in [3.63, 3.8) is 0 Å². The Hall–Kier alpha value is -1.09. The summed E-state index contributed by atoms with van der Waals surface area (Å²) in [6, 6.07) is 0. The Morgan fingerprint density at radius 3 is 2.73 bits per heavy atom. The maximum absolute atomic E-state index is 10.3. The Labute approximate surface area is 68.7 Å². The van der Waals surface area contributed by atoms with Crippen molar-refractivity contribution in [3.8, 4) is 0 Å². The number of hydrogen-bond donors (Lipinski definition) is 1. The molecule has 58 valence electrons. The van der Waals surface area contributed by atoms with Crippen molar-refractivity contribution in [2.75, 3.05) is 0 Å². The third-order valence-corrected chi connectivity index (χ3v) is 1.71. The van der Waals surface area contributed by atoms with Crippen LogP contribution in [0.1, 0.15) is 6.42 Å². The van der Waals surface area contributed by atoms with Gasteiger partial charge in [-0.1, -0.05) is 11.6 Å². The zero-order chi connectivity index (χ0) is 8.27. The average Bonchev–Trinajstić information content (AvgIpc) is 2.05. The SMILES string of the molecule is O=CC1=CNC(Cl)=C(C=O)C1. The molecule has 0 aromatic carbocycles. The van der Waals surface area contributed by atoms with Gasteiger partial charge in [-0.15, -0.1) is 0 Å². The second kappa shape index (κ2) is 3.34. The van der Waals surface area contributed by atoms with Crippen molar-refractivity contribution in [1.82, 2.24) is 5.32 Å². The number of hydrogen-bond acceptors (Lipinski definition) is 3. The summed E-state index contributed by atoms with van der Waals surface area (Å²) in [5.41, 5.74) is 0.938. The average molecular weight is 172 g/mol. The summed E-state index contributed by atoms with van der Waals surface area (Å²) in [5, 5.41) is 2.90. The molecule has 1 aliphatic heterocycles. The highest BCUT2D eigenvalue weighted by atomic mass is 35.5. The van der Waals surface area contributed by atoms with Crippen LogP contribution < -0.4 is 5.32 Å². The molecule has 0 atom stereocenters. The van der Waals surface area contributed by atoms with E-state index in [4.69, 9.17) is 11.6 Å². The van der Waals surface area contributed by atoms with E-state index in [0.717, 1.165) is 0 Å². The second-order valence-corrected chi connectivity index (χ2v) is 2.49. The van der Waals surface area contributed by atoms with E-state index in [9.17, 15) is 9.59 Å². The van der Waals surface area contributed by atoms with Crippen LogP contribution in [0.25, 0.3) is 0 Å². The molecule has 0 spiro atoms. The molecule has 0 radical (unpaired) electrons. The Bertz CT molecular complexity index is 255. The molecule has 1 N–H and O–H groups in total. The standard InChI is InChI=1S/C7H6ClNO2/c8-7-6(4-11)1-5(3-10)2-9-7/h2-4,9H,1H2. The van der Waals surface area contributed by atoms with Gasteiger partial charge in [0.2, 0.25) is 0 Å². The van der Waals surface area contributed by atoms with Crippen molar-refractivity contribution in [2.45, 2.75) is 6.42 Å². The highest BCUT2D eigenvalue weighted by molar-refractivity contribution is 6.31. The summed E-state index contributed by atoms with van der Waals surface area (Å²) in [6.45, 7) is 0. The molecule has 3 nitrogen and oxygen atoms in total. The van der Waals surface area contributed by atoms with E-state index in [1.165, 1.54) is 6.20 Å². The van der Waals surface area contributed by atoms with Gasteiger partial charge in [-0.05, 0) is 0 Å². The minimum absolute atomic E-state index is 0.297. The van der Waals surface area contributed by atoms with Gasteiger partial charge >= 0.3 is 0 Å². The molecule has 1 heterocycles. The minimum Gasteiger partial charge on any atom is -0.352 e. The normalized spacial score (nSPS) is 17.0. The quantitative estimate of drug-likeness (QED) is 0.492. The fraction of sp³-hybridized carbons (Fsp3) is 0.143. The van der Waals surface area contributed by atoms with Crippen molar-refractivity contribution in [1.29, 1.82) is 0 Å². The molecular weight excluding hydrogens is 166 g/mol. The number of carbonyl (C=O) groups is 2. The maximum Gasteiger partial charge on any atom is 0.149 e. The third kappa shape index (κ3) is 1.68. The molecule has 0 aliphatic carbocycles. The van der Waals surface area contributed by atoms with Crippen LogP contribution in [0.5, 0.6) is 0 Å². The van der Waals surface area contributed by atoms with Crippen LogP contribution in [-0.4, -0.2) is 12.6 Å². The fourth-order valence-corrected chi connectivity index (χ4v) is 0.932. The van der Waals surface area contributed by atoms with E-state index in [2.05, 4.69) is 5.32 Å². The molecule has 0 bridgehead atoms. The molecule has 1 aliphatic rings. The van der Waals surface area contributed by atoms with Crippen molar-refractivity contribution < 1.29 is 9.59 Å². The summed E-state index contributed by atoms with van der Waals surface area (Å²) < 4.78 is 0. The zero-order valence-corrected chi connectivity index (χ0v) is 6.39. The topological polar surface area (TPSA) is 46.2 Å². The summed E-state index contributed by atoms with van der Waals surface area (Å²) >= 11 is 5.58. The number of dihydropyridines is 1. The Balaban J connectivity index is 2.80. The molecule has 0 aromatic heterocycles. The Kier molecular flexibility index (Phi) is 2.44. The number of aldehydes is 2. The first-order valence-electron chi connectivity index (χ1n) is 3.02. The molecule has 11 heavy (non-hydrogen) atoms. The fourth-order valence-electron chi connectivity index (χ4n) is 0.766. The van der Waals surface area contributed by atoms with E-state index in [0.29, 0.717) is 35.3 Å². The lowest BCUT2D eigenvalue weighted by Crippen LogP contribution is -2.12. The van der Waals surface area contributed by atoms with Gasteiger partial charge in [0, 0.05) is 23.8 Å². The summed E-state index contributed by atoms with van der Waals surface area (Å²) in [7, 11) is 0. The molecule has 0 saturated carbocycles. The van der Waals surface area contributed by atoms with Gasteiger partial charge in [-0.2, -0.15) is 0 Å². The van der Waals surface area contributed by atoms with E-state index in [-0.39, 0.29) is 0 Å². The first kappa shape index (κ1) is 8.01. The van der Waals surface area contributed by atoms with Gasteiger partial charge in [0.15, 0.2) is 0 Å². The predicted octanol–water partition coefficient (Wildman–Crippen LogP) is 0.712. The highest BCUT2D eigenvalue weighted by Crippen LogP contribution is 2.17. The van der Waals surface area contributed by atoms with Crippen LogP contribution in [0.2, 0.25) is 0 Å². The number of halogens is 1. The molecule has 0 amide bonds. The van der Waals surface area contributed by atoms with Crippen LogP contribution in [0.15, 0.2) is 22.5 Å². The smallest absolute Gasteiger partial charge is 0.149 e. The molecule has 1 rings (SSSR count). The first-order chi connectivity index (χ1) is 5.27. The second-order valence-electron chi connectivity index (χ2n) is 2.12. The maximum atomic E-state index is 10.3. The number of carbonyl (C=O) groups excluding carboxylic acids is 2. The molecule has 0 fully saturated rings. The monoisotopic (exact) mass is 171 g/mol. The van der Waals surface area contributed by atoms with Gasteiger partial charge in [-0.25, -0.2) is 0 Å². The summed E-state index contributed by atoms with van der Waals surface area (Å²) in [6.07, 6.45) is 3.15. The van der Waals surface area contributed by atoms with E-state index < -0.39 is 0 Å². The number of nitrogens with one attached hydrogen (secondary N) is 1.